The van der Waals surface area contributed by atoms with Crippen LogP contribution in [0.4, 0.5) is 0 Å². The lowest BCUT2D eigenvalue weighted by Crippen LogP contribution is -2.21. The van der Waals surface area contributed by atoms with Crippen LogP contribution in [-0.2, 0) is 4.74 Å². The third-order valence-electron chi connectivity index (χ3n) is 8.98. The van der Waals surface area contributed by atoms with E-state index in [1.165, 1.54) is 141 Å². The highest BCUT2D eigenvalue weighted by molar-refractivity contribution is 6.04. The number of ether oxygens (including phenoxy) is 1. The fourth-order valence-electron chi connectivity index (χ4n) is 6.29. The van der Waals surface area contributed by atoms with Gasteiger partial charge in [-0.2, -0.15) is 0 Å². The molecule has 43 heavy (non-hydrogen) atoms. The van der Waals surface area contributed by atoms with E-state index in [2.05, 4.69) is 20.8 Å². The second-order valence-corrected chi connectivity index (χ2v) is 12.7. The van der Waals surface area contributed by atoms with Crippen LogP contribution in [-0.4, -0.2) is 34.7 Å². The zero-order chi connectivity index (χ0) is 31.8. The average Bonchev–Trinajstić information content (AvgIpc) is 3.00. The molecule has 0 aromatic heterocycles. The zero-order valence-corrected chi connectivity index (χ0v) is 27.7. The van der Waals surface area contributed by atoms with E-state index in [0.717, 1.165) is 25.3 Å². The second kappa shape index (κ2) is 24.0. The van der Waals surface area contributed by atoms with Crippen molar-refractivity contribution in [2.75, 3.05) is 6.61 Å². The summed E-state index contributed by atoms with van der Waals surface area (Å²) in [5, 5.41) is 18.4. The standard InChI is InChI=1S/C37H62O6/c1-4-7-10-18-25-37(26-19-11-8-5-2,27-20-12-9-6-3)28-21-16-14-13-15-17-22-29-43-36(42)32-24-23-31(34(38)39)30-33(32)35(40)41/h23-24,30H,4-22,25-29H2,1-3H3,(H,38,39)(H,40,41). The Labute approximate surface area is 262 Å². The Bertz CT molecular complexity index is 877. The smallest absolute Gasteiger partial charge is 0.339 e. The summed E-state index contributed by atoms with van der Waals surface area (Å²) in [6, 6.07) is 3.43. The molecule has 6 heteroatoms. The van der Waals surface area contributed by atoms with Crippen molar-refractivity contribution in [1.82, 2.24) is 0 Å². The van der Waals surface area contributed by atoms with Gasteiger partial charge >= 0.3 is 17.9 Å². The van der Waals surface area contributed by atoms with E-state index in [4.69, 9.17) is 9.84 Å². The number of rotatable bonds is 28. The molecule has 0 saturated heterocycles. The first-order chi connectivity index (χ1) is 20.8. The molecule has 246 valence electrons. The molecule has 0 saturated carbocycles. The van der Waals surface area contributed by atoms with Crippen molar-refractivity contribution in [3.05, 3.63) is 34.9 Å². The summed E-state index contributed by atoms with van der Waals surface area (Å²) in [6.45, 7) is 7.14. The molecule has 0 spiro atoms. The van der Waals surface area contributed by atoms with Gasteiger partial charge in [-0.25, -0.2) is 14.4 Å². The molecule has 0 radical (unpaired) electrons. The molecule has 0 atom stereocenters. The maximum absolute atomic E-state index is 12.4. The normalized spacial score (nSPS) is 11.5. The topological polar surface area (TPSA) is 101 Å². The van der Waals surface area contributed by atoms with Crippen molar-refractivity contribution in [3.8, 4) is 0 Å². The molecule has 1 rings (SSSR count). The molecular formula is C37H62O6. The fourth-order valence-corrected chi connectivity index (χ4v) is 6.29. The van der Waals surface area contributed by atoms with Crippen LogP contribution in [0.25, 0.3) is 0 Å². The molecule has 0 aliphatic carbocycles. The first-order valence-electron chi connectivity index (χ1n) is 17.6. The first-order valence-corrected chi connectivity index (χ1v) is 17.6. The minimum Gasteiger partial charge on any atom is -0.478 e. The number of carbonyl (C=O) groups excluding carboxylic acids is 1. The summed E-state index contributed by atoms with van der Waals surface area (Å²) in [5.74, 6) is -3.32. The number of unbranched alkanes of at least 4 members (excludes halogenated alkanes) is 15. The lowest BCUT2D eigenvalue weighted by molar-refractivity contribution is 0.0486. The number of hydrogen-bond donors (Lipinski definition) is 2. The monoisotopic (exact) mass is 602 g/mol. The zero-order valence-electron chi connectivity index (χ0n) is 27.7. The minimum absolute atomic E-state index is 0.116. The van der Waals surface area contributed by atoms with E-state index in [0.29, 0.717) is 5.41 Å². The van der Waals surface area contributed by atoms with Crippen molar-refractivity contribution in [2.45, 2.75) is 168 Å². The number of carboxylic acids is 2. The molecule has 0 aliphatic heterocycles. The molecule has 2 N–H and O–H groups in total. The van der Waals surface area contributed by atoms with Crippen LogP contribution >= 0.6 is 0 Å². The van der Waals surface area contributed by atoms with Gasteiger partial charge in [0, 0.05) is 0 Å². The first kappa shape index (κ1) is 38.7. The molecule has 0 fully saturated rings. The van der Waals surface area contributed by atoms with E-state index in [1.807, 2.05) is 0 Å². The molecule has 0 aliphatic rings. The van der Waals surface area contributed by atoms with E-state index >= 15 is 0 Å². The molecule has 0 bridgehead atoms. The van der Waals surface area contributed by atoms with Crippen LogP contribution < -0.4 is 0 Å². The summed E-state index contributed by atoms with van der Waals surface area (Å²) in [5.41, 5.74) is -0.0925. The van der Waals surface area contributed by atoms with Crippen molar-refractivity contribution >= 4 is 17.9 Å². The Morgan fingerprint density at radius 2 is 0.977 bits per heavy atom. The largest absolute Gasteiger partial charge is 0.478 e. The van der Waals surface area contributed by atoms with Crippen molar-refractivity contribution < 1.29 is 29.3 Å². The quantitative estimate of drug-likeness (QED) is 0.0731. The van der Waals surface area contributed by atoms with E-state index < -0.39 is 17.9 Å². The molecule has 0 heterocycles. The van der Waals surface area contributed by atoms with Gasteiger partial charge in [0.25, 0.3) is 0 Å². The van der Waals surface area contributed by atoms with Crippen molar-refractivity contribution in [1.29, 1.82) is 0 Å². The predicted octanol–water partition coefficient (Wildman–Crippen LogP) is 11.3. The van der Waals surface area contributed by atoms with Gasteiger partial charge in [0.15, 0.2) is 0 Å². The minimum atomic E-state index is -1.35. The number of hydrogen-bond acceptors (Lipinski definition) is 4. The van der Waals surface area contributed by atoms with Gasteiger partial charge in [-0.05, 0) is 55.7 Å². The summed E-state index contributed by atoms with van der Waals surface area (Å²) in [7, 11) is 0. The van der Waals surface area contributed by atoms with Crippen LogP contribution in [0.15, 0.2) is 18.2 Å². The maximum atomic E-state index is 12.4. The van der Waals surface area contributed by atoms with Gasteiger partial charge in [0.05, 0.1) is 23.3 Å². The molecule has 1 aromatic carbocycles. The summed E-state index contributed by atoms with van der Waals surface area (Å²) < 4.78 is 5.29. The molecule has 0 amide bonds. The third-order valence-corrected chi connectivity index (χ3v) is 8.98. The summed E-state index contributed by atoms with van der Waals surface area (Å²) >= 11 is 0. The predicted molar refractivity (Wildman–Crippen MR) is 176 cm³/mol. The molecule has 0 unspecified atom stereocenters. The van der Waals surface area contributed by atoms with Gasteiger partial charge in [0.2, 0.25) is 0 Å². The van der Waals surface area contributed by atoms with Crippen LogP contribution in [0.1, 0.15) is 200 Å². The Morgan fingerprint density at radius 3 is 1.40 bits per heavy atom. The Hall–Kier alpha value is -2.37. The second-order valence-electron chi connectivity index (χ2n) is 12.7. The lowest BCUT2D eigenvalue weighted by atomic mass is 9.70. The van der Waals surface area contributed by atoms with Gasteiger partial charge in [-0.15, -0.1) is 0 Å². The van der Waals surface area contributed by atoms with Gasteiger partial charge < -0.3 is 14.9 Å². The van der Waals surface area contributed by atoms with Crippen LogP contribution in [0.3, 0.4) is 0 Å². The van der Waals surface area contributed by atoms with E-state index in [9.17, 15) is 19.5 Å². The van der Waals surface area contributed by atoms with Crippen LogP contribution in [0.5, 0.6) is 0 Å². The third kappa shape index (κ3) is 16.9. The van der Waals surface area contributed by atoms with Gasteiger partial charge in [0.1, 0.15) is 0 Å². The molecule has 6 nitrogen and oxygen atoms in total. The number of aromatic carboxylic acids is 2. The van der Waals surface area contributed by atoms with Crippen molar-refractivity contribution in [3.63, 3.8) is 0 Å². The fraction of sp³-hybridized carbons (Fsp3) is 0.757. The van der Waals surface area contributed by atoms with E-state index in [-0.39, 0.29) is 23.3 Å². The van der Waals surface area contributed by atoms with Gasteiger partial charge in [-0.1, -0.05) is 136 Å². The summed E-state index contributed by atoms with van der Waals surface area (Å²) in [6.07, 6.45) is 29.8. The highest BCUT2D eigenvalue weighted by Gasteiger charge is 2.28. The number of benzene rings is 1. The maximum Gasteiger partial charge on any atom is 0.339 e. The van der Waals surface area contributed by atoms with E-state index in [1.54, 1.807) is 0 Å². The highest BCUT2D eigenvalue weighted by Crippen LogP contribution is 2.42. The van der Waals surface area contributed by atoms with Gasteiger partial charge in [-0.3, -0.25) is 0 Å². The Kier molecular flexibility index (Phi) is 21.6. The molecular weight excluding hydrogens is 540 g/mol. The average molecular weight is 603 g/mol. The van der Waals surface area contributed by atoms with Crippen molar-refractivity contribution in [2.24, 2.45) is 5.41 Å². The lowest BCUT2D eigenvalue weighted by Gasteiger charge is -2.35. The number of carboxylic acid groups (broad SMARTS) is 2. The summed E-state index contributed by atoms with van der Waals surface area (Å²) in [4.78, 5) is 35.0. The Balaban J connectivity index is 2.43. The SMILES string of the molecule is CCCCCCC(CCCCCC)(CCCCCC)CCCCCCCCCOC(=O)c1ccc(C(=O)O)cc1C(=O)O. The number of esters is 1. The van der Waals surface area contributed by atoms with Crippen LogP contribution in [0, 0.1) is 5.41 Å². The van der Waals surface area contributed by atoms with Crippen LogP contribution in [0.2, 0.25) is 0 Å². The molecule has 1 aromatic rings. The Morgan fingerprint density at radius 1 is 0.558 bits per heavy atom. The highest BCUT2D eigenvalue weighted by atomic mass is 16.5. The number of carbonyl (C=O) groups is 3.